The average Bonchev–Trinajstić information content (AvgIpc) is 3.12. The fourth-order valence-electron chi connectivity index (χ4n) is 3.95. The minimum atomic E-state index is -2.88. The van der Waals surface area contributed by atoms with E-state index in [1.807, 2.05) is 44.7 Å². The number of alkyl halides is 2. The summed E-state index contributed by atoms with van der Waals surface area (Å²) in [5, 5.41) is 10.4. The van der Waals surface area contributed by atoms with Crippen molar-refractivity contribution in [2.45, 2.75) is 40.2 Å². The number of hydrogen-bond donors (Lipinski definition) is 2. The van der Waals surface area contributed by atoms with Crippen molar-refractivity contribution in [1.82, 2.24) is 15.2 Å². The molecule has 1 aromatic carbocycles. The van der Waals surface area contributed by atoms with Gasteiger partial charge < -0.3 is 10.1 Å². The monoisotopic (exact) mass is 439 g/mol. The fourth-order valence-corrected chi connectivity index (χ4v) is 3.95. The molecular weight excluding hydrogens is 416 g/mol. The molecule has 32 heavy (non-hydrogen) atoms. The smallest absolute Gasteiger partial charge is 0.387 e. The number of anilines is 3. The van der Waals surface area contributed by atoms with Crippen molar-refractivity contribution >= 4 is 23.1 Å². The topological polar surface area (TPSA) is 83.1 Å². The number of fused-ring (bicyclic) bond motifs is 1. The second-order valence-corrected chi connectivity index (χ2v) is 7.64. The number of carbonyl (C=O) groups is 1. The first-order chi connectivity index (χ1) is 15.3. The van der Waals surface area contributed by atoms with Crippen molar-refractivity contribution in [3.63, 3.8) is 0 Å². The number of aryl methyl sites for hydroxylation is 3. The number of benzene rings is 1. The molecule has 9 heteroatoms. The predicted octanol–water partition coefficient (Wildman–Crippen LogP) is 5.11. The standard InChI is InChI=1S/C23H23F2N5O2/c1-12-9-10-26-15(4)20(12)27-22(31)18-11-13(2)30(21-19(18)14(3)28-29-21)16-5-7-17(8-6-16)32-23(24)25/h5-11,18,23H,1-4H3,(H,27,31)(H,28,29). The second kappa shape index (κ2) is 8.41. The maximum Gasteiger partial charge on any atom is 0.387 e. The molecule has 0 bridgehead atoms. The van der Waals surface area contributed by atoms with Crippen molar-refractivity contribution < 1.29 is 18.3 Å². The molecule has 4 rings (SSSR count). The molecular formula is C23H23F2N5O2. The molecule has 2 aromatic heterocycles. The van der Waals surface area contributed by atoms with Crippen LogP contribution in [0.1, 0.15) is 35.4 Å². The van der Waals surface area contributed by atoms with Crippen molar-refractivity contribution in [1.29, 1.82) is 0 Å². The van der Waals surface area contributed by atoms with E-state index in [1.54, 1.807) is 18.3 Å². The van der Waals surface area contributed by atoms with E-state index in [0.717, 1.165) is 28.2 Å². The van der Waals surface area contributed by atoms with Crippen LogP contribution in [0.4, 0.5) is 26.0 Å². The Morgan fingerprint density at radius 3 is 2.50 bits per heavy atom. The van der Waals surface area contributed by atoms with Gasteiger partial charge in [0, 0.05) is 23.1 Å². The third kappa shape index (κ3) is 3.93. The van der Waals surface area contributed by atoms with Crippen molar-refractivity contribution in [2.24, 2.45) is 0 Å². The van der Waals surface area contributed by atoms with E-state index in [2.05, 4.69) is 25.2 Å². The summed E-state index contributed by atoms with van der Waals surface area (Å²) in [5.41, 5.74) is 5.34. The van der Waals surface area contributed by atoms with E-state index in [1.165, 1.54) is 12.1 Å². The Morgan fingerprint density at radius 2 is 1.84 bits per heavy atom. The molecule has 1 unspecified atom stereocenters. The van der Waals surface area contributed by atoms with Gasteiger partial charge in [-0.05, 0) is 69.7 Å². The number of aromatic amines is 1. The Balaban J connectivity index is 1.68. The Morgan fingerprint density at radius 1 is 1.12 bits per heavy atom. The highest BCUT2D eigenvalue weighted by molar-refractivity contribution is 6.00. The van der Waals surface area contributed by atoms with Crippen molar-refractivity contribution in [2.75, 3.05) is 10.2 Å². The molecule has 0 spiro atoms. The molecule has 2 N–H and O–H groups in total. The molecule has 0 saturated carbocycles. The summed E-state index contributed by atoms with van der Waals surface area (Å²) in [6.07, 6.45) is 3.57. The number of rotatable bonds is 5. The quantitative estimate of drug-likeness (QED) is 0.577. The van der Waals surface area contributed by atoms with Crippen molar-refractivity contribution in [3.8, 4) is 5.75 Å². The number of nitrogens with zero attached hydrogens (tertiary/aromatic N) is 3. The van der Waals surface area contributed by atoms with Gasteiger partial charge in [-0.25, -0.2) is 0 Å². The maximum absolute atomic E-state index is 13.3. The summed E-state index contributed by atoms with van der Waals surface area (Å²) in [7, 11) is 0. The molecule has 1 amide bonds. The van der Waals surface area contributed by atoms with E-state index in [9.17, 15) is 13.6 Å². The number of carbonyl (C=O) groups excluding carboxylic acids is 1. The second-order valence-electron chi connectivity index (χ2n) is 7.64. The predicted molar refractivity (Wildman–Crippen MR) is 117 cm³/mol. The maximum atomic E-state index is 13.3. The van der Waals surface area contributed by atoms with Gasteiger partial charge in [-0.2, -0.15) is 13.9 Å². The number of pyridine rings is 1. The highest BCUT2D eigenvalue weighted by Crippen LogP contribution is 2.42. The average molecular weight is 439 g/mol. The molecule has 7 nitrogen and oxygen atoms in total. The molecule has 0 aliphatic carbocycles. The van der Waals surface area contributed by atoms with E-state index >= 15 is 0 Å². The summed E-state index contributed by atoms with van der Waals surface area (Å²) in [5.74, 6) is -0.0113. The highest BCUT2D eigenvalue weighted by Gasteiger charge is 2.34. The van der Waals surface area contributed by atoms with Crippen LogP contribution in [0.2, 0.25) is 0 Å². The van der Waals surface area contributed by atoms with Gasteiger partial charge in [0.2, 0.25) is 5.91 Å². The van der Waals surface area contributed by atoms with E-state index < -0.39 is 12.5 Å². The molecule has 0 saturated heterocycles. The van der Waals surface area contributed by atoms with Gasteiger partial charge in [0.15, 0.2) is 0 Å². The molecule has 3 heterocycles. The lowest BCUT2D eigenvalue weighted by atomic mass is 9.92. The number of nitrogens with one attached hydrogen (secondary N) is 2. The lowest BCUT2D eigenvalue weighted by Crippen LogP contribution is -2.28. The third-order valence-corrected chi connectivity index (χ3v) is 5.47. The van der Waals surface area contributed by atoms with Gasteiger partial charge >= 0.3 is 6.61 Å². The van der Waals surface area contributed by atoms with E-state index in [4.69, 9.17) is 0 Å². The van der Waals surface area contributed by atoms with Gasteiger partial charge in [-0.1, -0.05) is 0 Å². The zero-order valence-electron chi connectivity index (χ0n) is 18.1. The van der Waals surface area contributed by atoms with Crippen LogP contribution in [-0.4, -0.2) is 27.7 Å². The first-order valence-electron chi connectivity index (χ1n) is 10.1. The number of allylic oxidation sites excluding steroid dienone is 1. The molecule has 1 atom stereocenters. The summed E-state index contributed by atoms with van der Waals surface area (Å²) < 4.78 is 29.4. The minimum absolute atomic E-state index is 0.0721. The molecule has 166 valence electrons. The summed E-state index contributed by atoms with van der Waals surface area (Å²) in [4.78, 5) is 19.5. The lowest BCUT2D eigenvalue weighted by Gasteiger charge is -2.31. The van der Waals surface area contributed by atoms with Crippen LogP contribution in [0.5, 0.6) is 5.75 Å². The van der Waals surface area contributed by atoms with Gasteiger partial charge in [-0.3, -0.25) is 19.8 Å². The molecule has 0 radical (unpaired) electrons. The first-order valence-corrected chi connectivity index (χ1v) is 10.1. The number of hydrogen-bond acceptors (Lipinski definition) is 5. The van der Waals surface area contributed by atoms with E-state index in [-0.39, 0.29) is 11.7 Å². The van der Waals surface area contributed by atoms with Crippen LogP contribution in [0, 0.1) is 20.8 Å². The van der Waals surface area contributed by atoms with Crippen LogP contribution >= 0.6 is 0 Å². The van der Waals surface area contributed by atoms with Crippen LogP contribution < -0.4 is 15.0 Å². The summed E-state index contributed by atoms with van der Waals surface area (Å²) in [6, 6.07) is 8.16. The number of halogens is 2. The highest BCUT2D eigenvalue weighted by atomic mass is 19.3. The Labute approximate surface area is 184 Å². The number of aromatic nitrogens is 3. The largest absolute Gasteiger partial charge is 0.435 e. The zero-order chi connectivity index (χ0) is 23.0. The van der Waals surface area contributed by atoms with Crippen molar-refractivity contribution in [3.05, 3.63) is 70.8 Å². The number of amides is 1. The zero-order valence-corrected chi connectivity index (χ0v) is 18.1. The molecule has 3 aromatic rings. The Kier molecular flexibility index (Phi) is 5.65. The van der Waals surface area contributed by atoms with Crippen LogP contribution in [0.25, 0.3) is 0 Å². The van der Waals surface area contributed by atoms with Crippen LogP contribution in [0.3, 0.4) is 0 Å². The SMILES string of the molecule is CC1=CC(C(=O)Nc2c(C)ccnc2C)c2c(C)n[nH]c2N1c1ccc(OC(F)F)cc1. The summed E-state index contributed by atoms with van der Waals surface area (Å²) in [6.45, 7) is 4.60. The summed E-state index contributed by atoms with van der Waals surface area (Å²) >= 11 is 0. The molecule has 1 aliphatic rings. The van der Waals surface area contributed by atoms with Crippen LogP contribution in [0.15, 0.2) is 48.3 Å². The first kappa shape index (κ1) is 21.5. The fraction of sp³-hybridized carbons (Fsp3) is 0.261. The van der Waals surface area contributed by atoms with Gasteiger partial charge in [0.05, 0.1) is 23.0 Å². The molecule has 0 fully saturated rings. The third-order valence-electron chi connectivity index (χ3n) is 5.47. The van der Waals surface area contributed by atoms with Crippen LogP contribution in [-0.2, 0) is 4.79 Å². The lowest BCUT2D eigenvalue weighted by molar-refractivity contribution is -0.116. The number of H-pyrrole nitrogens is 1. The Hall–Kier alpha value is -3.75. The normalized spacial score (nSPS) is 15.4. The number of ether oxygens (including phenoxy) is 1. The molecule has 1 aliphatic heterocycles. The van der Waals surface area contributed by atoms with Gasteiger partial charge in [0.1, 0.15) is 11.6 Å². The minimum Gasteiger partial charge on any atom is -0.435 e. The van der Waals surface area contributed by atoms with Gasteiger partial charge in [-0.15, -0.1) is 0 Å². The van der Waals surface area contributed by atoms with E-state index in [0.29, 0.717) is 17.2 Å². The Bertz CT molecular complexity index is 1170. The van der Waals surface area contributed by atoms with Gasteiger partial charge in [0.25, 0.3) is 0 Å².